The summed E-state index contributed by atoms with van der Waals surface area (Å²) in [5, 5.41) is 6.32. The van der Waals surface area contributed by atoms with Crippen molar-refractivity contribution in [2.24, 2.45) is 4.99 Å². The van der Waals surface area contributed by atoms with Crippen LogP contribution in [-0.4, -0.2) is 53.0 Å². The van der Waals surface area contributed by atoms with Crippen molar-refractivity contribution >= 4 is 16.0 Å². The summed E-state index contributed by atoms with van der Waals surface area (Å²) in [4.78, 5) is 4.63. The fraction of sp³-hybridized carbons (Fsp3) is 0.650. The number of hydrogen-bond donors (Lipinski definition) is 3. The molecule has 3 N–H and O–H groups in total. The maximum atomic E-state index is 11.5. The van der Waals surface area contributed by atoms with E-state index >= 15 is 0 Å². The van der Waals surface area contributed by atoms with E-state index in [0.29, 0.717) is 32.1 Å². The van der Waals surface area contributed by atoms with Crippen LogP contribution in [0.15, 0.2) is 23.2 Å². The molecule has 0 heterocycles. The first-order valence-corrected chi connectivity index (χ1v) is 12.0. The van der Waals surface area contributed by atoms with E-state index in [1.165, 1.54) is 12.8 Å². The van der Waals surface area contributed by atoms with E-state index in [9.17, 15) is 8.42 Å². The fourth-order valence-electron chi connectivity index (χ4n) is 3.15. The summed E-state index contributed by atoms with van der Waals surface area (Å²) in [6.45, 7) is 5.47. The van der Waals surface area contributed by atoms with Gasteiger partial charge in [-0.1, -0.05) is 12.1 Å². The molecule has 0 aromatic heterocycles. The molecule has 1 aromatic carbocycles. The molecule has 1 fully saturated rings. The maximum absolute atomic E-state index is 11.5. The van der Waals surface area contributed by atoms with Crippen molar-refractivity contribution in [3.63, 3.8) is 0 Å². The van der Waals surface area contributed by atoms with Crippen LogP contribution >= 0.6 is 0 Å². The third-order valence-corrected chi connectivity index (χ3v) is 6.14. The van der Waals surface area contributed by atoms with Gasteiger partial charge in [-0.25, -0.2) is 18.1 Å². The molecule has 1 saturated carbocycles. The molecule has 0 radical (unpaired) electrons. The van der Waals surface area contributed by atoms with Gasteiger partial charge in [0, 0.05) is 25.2 Å². The lowest BCUT2D eigenvalue weighted by atomic mass is 10.1. The molecule has 1 aliphatic rings. The zero-order valence-electron chi connectivity index (χ0n) is 17.7. The third kappa shape index (κ3) is 7.74. The van der Waals surface area contributed by atoms with E-state index in [2.05, 4.69) is 20.3 Å². The average Bonchev–Trinajstić information content (AvgIpc) is 3.23. The monoisotopic (exact) mass is 426 g/mol. The van der Waals surface area contributed by atoms with Crippen molar-refractivity contribution in [2.45, 2.75) is 52.2 Å². The lowest BCUT2D eigenvalue weighted by molar-refractivity contribution is 0.198. The standard InChI is InChI=1S/C20H34N4O4S/c1-4-21-20(22-13-14-24-29(25,26)5-2)23-15-16-9-8-12-18(27-3)19(16)28-17-10-6-7-11-17/h8-9,12,17,24H,4-7,10-11,13-15H2,1-3H3,(H2,21,22,23). The van der Waals surface area contributed by atoms with Gasteiger partial charge in [0.15, 0.2) is 17.5 Å². The molecule has 164 valence electrons. The Morgan fingerprint density at radius 1 is 1.17 bits per heavy atom. The van der Waals surface area contributed by atoms with E-state index in [4.69, 9.17) is 9.47 Å². The van der Waals surface area contributed by atoms with Gasteiger partial charge >= 0.3 is 0 Å². The van der Waals surface area contributed by atoms with Crippen molar-refractivity contribution in [3.8, 4) is 11.5 Å². The van der Waals surface area contributed by atoms with Gasteiger partial charge in [-0.05, 0) is 45.6 Å². The SMILES string of the molecule is CCNC(=NCc1cccc(OC)c1OC1CCCC1)NCCNS(=O)(=O)CC. The summed E-state index contributed by atoms with van der Waals surface area (Å²) in [6, 6.07) is 5.83. The number of guanidine groups is 1. The summed E-state index contributed by atoms with van der Waals surface area (Å²) in [7, 11) is -1.54. The molecule has 1 aromatic rings. The summed E-state index contributed by atoms with van der Waals surface area (Å²) >= 11 is 0. The summed E-state index contributed by atoms with van der Waals surface area (Å²) < 4.78 is 37.3. The Morgan fingerprint density at radius 3 is 2.59 bits per heavy atom. The molecule has 0 bridgehead atoms. The zero-order chi connectivity index (χ0) is 21.1. The van der Waals surface area contributed by atoms with Crippen molar-refractivity contribution in [1.82, 2.24) is 15.4 Å². The predicted octanol–water partition coefficient (Wildman–Crippen LogP) is 2.01. The molecule has 9 heteroatoms. The second-order valence-electron chi connectivity index (χ2n) is 6.89. The Bertz CT molecular complexity index is 762. The molecule has 0 atom stereocenters. The Hall–Kier alpha value is -2.00. The number of nitrogens with one attached hydrogen (secondary N) is 3. The van der Waals surface area contributed by atoms with Crippen LogP contribution < -0.4 is 24.8 Å². The Labute approximate surface area is 174 Å². The highest BCUT2D eigenvalue weighted by atomic mass is 32.2. The number of rotatable bonds is 11. The molecule has 2 rings (SSSR count). The molecule has 1 aliphatic carbocycles. The minimum Gasteiger partial charge on any atom is -0.493 e. The highest BCUT2D eigenvalue weighted by molar-refractivity contribution is 7.89. The van der Waals surface area contributed by atoms with Crippen LogP contribution in [-0.2, 0) is 16.6 Å². The van der Waals surface area contributed by atoms with Crippen molar-refractivity contribution < 1.29 is 17.9 Å². The van der Waals surface area contributed by atoms with E-state index < -0.39 is 10.0 Å². The van der Waals surface area contributed by atoms with Crippen LogP contribution in [0.1, 0.15) is 45.1 Å². The van der Waals surface area contributed by atoms with Crippen LogP contribution in [0, 0.1) is 0 Å². The molecular formula is C20H34N4O4S. The second kappa shape index (κ2) is 11.9. The summed E-state index contributed by atoms with van der Waals surface area (Å²) in [5.41, 5.74) is 0.958. The molecular weight excluding hydrogens is 392 g/mol. The normalized spacial score (nSPS) is 15.3. The molecule has 0 spiro atoms. The zero-order valence-corrected chi connectivity index (χ0v) is 18.5. The highest BCUT2D eigenvalue weighted by Gasteiger charge is 2.20. The molecule has 29 heavy (non-hydrogen) atoms. The molecule has 0 saturated heterocycles. The van der Waals surface area contributed by atoms with Crippen LogP contribution in [0.4, 0.5) is 0 Å². The number of para-hydroxylation sites is 1. The second-order valence-corrected chi connectivity index (χ2v) is 8.99. The van der Waals surface area contributed by atoms with E-state index in [1.807, 2.05) is 25.1 Å². The fourth-order valence-corrected chi connectivity index (χ4v) is 3.77. The van der Waals surface area contributed by atoms with Crippen molar-refractivity contribution in [1.29, 1.82) is 0 Å². The lowest BCUT2D eigenvalue weighted by Crippen LogP contribution is -2.41. The molecule has 8 nitrogen and oxygen atoms in total. The number of benzene rings is 1. The Morgan fingerprint density at radius 2 is 1.93 bits per heavy atom. The third-order valence-electron chi connectivity index (χ3n) is 4.74. The molecule has 0 aliphatic heterocycles. The maximum Gasteiger partial charge on any atom is 0.211 e. The van der Waals surface area contributed by atoms with Gasteiger partial charge in [0.05, 0.1) is 25.5 Å². The quantitative estimate of drug-likeness (QED) is 0.284. The van der Waals surface area contributed by atoms with E-state index in [1.54, 1.807) is 14.0 Å². The first kappa shape index (κ1) is 23.3. The number of aliphatic imine (C=N–C) groups is 1. The first-order valence-electron chi connectivity index (χ1n) is 10.3. The first-order chi connectivity index (χ1) is 14.0. The predicted molar refractivity (Wildman–Crippen MR) is 116 cm³/mol. The Kier molecular flexibility index (Phi) is 9.53. The van der Waals surface area contributed by atoms with Crippen molar-refractivity contribution in [3.05, 3.63) is 23.8 Å². The van der Waals surface area contributed by atoms with Gasteiger partial charge in [-0.15, -0.1) is 0 Å². The molecule has 0 amide bonds. The van der Waals surface area contributed by atoms with Crippen LogP contribution in [0.2, 0.25) is 0 Å². The largest absolute Gasteiger partial charge is 0.493 e. The number of ether oxygens (including phenoxy) is 2. The van der Waals surface area contributed by atoms with Crippen LogP contribution in [0.25, 0.3) is 0 Å². The smallest absolute Gasteiger partial charge is 0.211 e. The molecule has 0 unspecified atom stereocenters. The van der Waals surface area contributed by atoms with Crippen molar-refractivity contribution in [2.75, 3.05) is 32.5 Å². The van der Waals surface area contributed by atoms with Crippen LogP contribution in [0.5, 0.6) is 11.5 Å². The van der Waals surface area contributed by atoms with Gasteiger partial charge in [0.2, 0.25) is 10.0 Å². The number of methoxy groups -OCH3 is 1. The average molecular weight is 427 g/mol. The highest BCUT2D eigenvalue weighted by Crippen LogP contribution is 2.35. The van der Waals surface area contributed by atoms with Crippen LogP contribution in [0.3, 0.4) is 0 Å². The minimum absolute atomic E-state index is 0.0702. The Balaban J connectivity index is 2.03. The van der Waals surface area contributed by atoms with Gasteiger partial charge in [-0.3, -0.25) is 0 Å². The minimum atomic E-state index is -3.19. The number of sulfonamides is 1. The van der Waals surface area contributed by atoms with Gasteiger partial charge in [0.1, 0.15) is 0 Å². The summed E-state index contributed by atoms with van der Waals surface area (Å²) in [6.07, 6.45) is 4.76. The topological polar surface area (TPSA) is 101 Å². The van der Waals surface area contributed by atoms with Gasteiger partial charge in [-0.2, -0.15) is 0 Å². The van der Waals surface area contributed by atoms with Gasteiger partial charge in [0.25, 0.3) is 0 Å². The number of hydrogen-bond acceptors (Lipinski definition) is 5. The van der Waals surface area contributed by atoms with E-state index in [-0.39, 0.29) is 11.9 Å². The van der Waals surface area contributed by atoms with E-state index in [0.717, 1.165) is 29.9 Å². The number of nitrogens with zero attached hydrogens (tertiary/aromatic N) is 1. The summed E-state index contributed by atoms with van der Waals surface area (Å²) in [5.74, 6) is 2.17. The van der Waals surface area contributed by atoms with Gasteiger partial charge < -0.3 is 20.1 Å². The lowest BCUT2D eigenvalue weighted by Gasteiger charge is -2.19.